The Morgan fingerprint density at radius 2 is 1.13 bits per heavy atom. The molecule has 0 aromatic carbocycles. The lowest BCUT2D eigenvalue weighted by molar-refractivity contribution is -0.308. The Kier molecular flexibility index (Phi) is 25.5. The molecule has 5 atom stereocenters. The second-order valence-electron chi connectivity index (χ2n) is 13.8. The molecule has 1 amide bonds. The summed E-state index contributed by atoms with van der Waals surface area (Å²) in [5.41, 5.74) is 12.1. The van der Waals surface area contributed by atoms with E-state index in [9.17, 15) is 24.9 Å². The number of unbranched alkanes of at least 4 members (excludes halogenated alkanes) is 20. The molecule has 0 spiro atoms. The Morgan fingerprint density at radius 1 is 0.681 bits per heavy atom. The summed E-state index contributed by atoms with van der Waals surface area (Å²) in [5.74, 6) is -2.69. The van der Waals surface area contributed by atoms with E-state index >= 15 is 0 Å². The van der Waals surface area contributed by atoms with Gasteiger partial charge in [-0.15, -0.1) is 0 Å². The topological polar surface area (TPSA) is 159 Å². The van der Waals surface area contributed by atoms with Crippen LogP contribution in [0.2, 0.25) is 0 Å². The molecule has 1 heterocycles. The van der Waals surface area contributed by atoms with E-state index in [0.717, 1.165) is 51.4 Å². The number of amides is 1. The minimum absolute atomic E-state index is 0.246. The highest BCUT2D eigenvalue weighted by Gasteiger charge is 2.55. The van der Waals surface area contributed by atoms with Crippen molar-refractivity contribution in [2.24, 2.45) is 11.5 Å². The molecule has 1 aliphatic rings. The molecule has 0 bridgehead atoms. The molecule has 1 saturated heterocycles. The normalized spacial score (nSPS) is 23.0. The van der Waals surface area contributed by atoms with Crippen molar-refractivity contribution in [3.8, 4) is 0 Å². The van der Waals surface area contributed by atoms with Gasteiger partial charge >= 0.3 is 0 Å². The summed E-state index contributed by atoms with van der Waals surface area (Å²) in [6, 6.07) is 0. The quantitative estimate of drug-likeness (QED) is 0.0318. The predicted molar refractivity (Wildman–Crippen MR) is 191 cm³/mol. The zero-order valence-corrected chi connectivity index (χ0v) is 30.2. The maximum Gasteiger partial charge on any atom is 0.227 e. The van der Waals surface area contributed by atoms with Crippen LogP contribution in [-0.4, -0.2) is 75.3 Å². The summed E-state index contributed by atoms with van der Waals surface area (Å²) in [7, 11) is 0. The van der Waals surface area contributed by atoms with Crippen molar-refractivity contribution in [2.45, 2.75) is 205 Å². The van der Waals surface area contributed by atoms with E-state index in [0.29, 0.717) is 12.8 Å². The minimum Gasteiger partial charge on any atom is -0.388 e. The molecule has 9 heteroatoms. The van der Waals surface area contributed by atoms with E-state index in [1.54, 1.807) is 0 Å². The number of ketones is 1. The van der Waals surface area contributed by atoms with Gasteiger partial charge in [-0.3, -0.25) is 20.2 Å². The van der Waals surface area contributed by atoms with Gasteiger partial charge in [0, 0.05) is 19.4 Å². The molecule has 0 aromatic heterocycles. The maximum atomic E-state index is 13.6. The number of nitrogens with two attached hydrogens (primary N) is 2. The van der Waals surface area contributed by atoms with Gasteiger partial charge in [0.1, 0.15) is 24.1 Å². The molecule has 1 rings (SSSR count). The van der Waals surface area contributed by atoms with E-state index in [1.807, 2.05) is 0 Å². The number of carbonyl (C=O) groups excluding carboxylic acids is 2. The van der Waals surface area contributed by atoms with Crippen LogP contribution >= 0.6 is 0 Å². The standard InChI is InChI=1S/C38H73N3O6/c1-3-5-7-9-11-13-15-16-17-18-19-20-22-24-26-28-34(43)41(29-27-25-23-21-14-12-10-8-6-4-2)38(40)37(46)36(45)35(44)33(47-38)30-32(42)31-39/h16-17,33,35-37,44-46H,3-15,18-31,39-40H2,1-2H3/b17-16-/t33-,35-,36+,37-,38+/m1/s1. The van der Waals surface area contributed by atoms with Crippen molar-refractivity contribution in [1.29, 1.82) is 0 Å². The molecular weight excluding hydrogens is 594 g/mol. The largest absolute Gasteiger partial charge is 0.388 e. The first-order valence-corrected chi connectivity index (χ1v) is 19.4. The van der Waals surface area contributed by atoms with E-state index < -0.39 is 30.3 Å². The van der Waals surface area contributed by atoms with Crippen LogP contribution in [0.4, 0.5) is 0 Å². The Labute approximate surface area is 287 Å². The number of aliphatic hydroxyl groups is 3. The lowest BCUT2D eigenvalue weighted by Crippen LogP contribution is -2.76. The van der Waals surface area contributed by atoms with Gasteiger partial charge in [0.25, 0.3) is 0 Å². The molecule has 0 aromatic rings. The first kappa shape index (κ1) is 43.7. The summed E-state index contributed by atoms with van der Waals surface area (Å²) >= 11 is 0. The molecule has 0 radical (unpaired) electrons. The molecule has 9 nitrogen and oxygen atoms in total. The van der Waals surface area contributed by atoms with Crippen LogP contribution in [0.25, 0.3) is 0 Å². The maximum absolute atomic E-state index is 13.6. The number of allylic oxidation sites excluding steroid dienone is 2. The molecule has 47 heavy (non-hydrogen) atoms. The predicted octanol–water partition coefficient (Wildman–Crippen LogP) is 6.79. The van der Waals surface area contributed by atoms with E-state index in [4.69, 9.17) is 16.2 Å². The number of carbonyl (C=O) groups is 2. The Balaban J connectivity index is 2.59. The fourth-order valence-corrected chi connectivity index (χ4v) is 6.46. The number of hydrogen-bond acceptors (Lipinski definition) is 8. The molecule has 0 unspecified atom stereocenters. The summed E-state index contributed by atoms with van der Waals surface area (Å²) in [4.78, 5) is 27.0. The number of aliphatic hydroxyl groups excluding tert-OH is 3. The van der Waals surface area contributed by atoms with Gasteiger partial charge in [0.15, 0.2) is 0 Å². The fourth-order valence-electron chi connectivity index (χ4n) is 6.46. The monoisotopic (exact) mass is 668 g/mol. The highest BCUT2D eigenvalue weighted by Crippen LogP contribution is 2.32. The smallest absolute Gasteiger partial charge is 0.227 e. The van der Waals surface area contributed by atoms with Crippen molar-refractivity contribution < 1.29 is 29.6 Å². The van der Waals surface area contributed by atoms with Crippen LogP contribution in [0.1, 0.15) is 174 Å². The zero-order valence-electron chi connectivity index (χ0n) is 30.2. The molecule has 0 aliphatic carbocycles. The SMILES string of the molecule is CCCCCCCC/C=C\CCCCCCCC(=O)N(CCCCCCCCCCCC)[C@]1(N)O[C@H](CC(=O)CN)[C@@H](O)[C@H](O)[C@H]1O. The Morgan fingerprint density at radius 3 is 1.62 bits per heavy atom. The average Bonchev–Trinajstić information content (AvgIpc) is 3.06. The van der Waals surface area contributed by atoms with Gasteiger partial charge in [-0.1, -0.05) is 135 Å². The van der Waals surface area contributed by atoms with E-state index in [2.05, 4.69) is 26.0 Å². The summed E-state index contributed by atoms with van der Waals surface area (Å²) < 4.78 is 5.94. The number of nitrogens with zero attached hydrogens (tertiary/aromatic N) is 1. The van der Waals surface area contributed by atoms with Crippen LogP contribution in [-0.2, 0) is 14.3 Å². The van der Waals surface area contributed by atoms with Gasteiger partial charge in [-0.05, 0) is 38.5 Å². The van der Waals surface area contributed by atoms with Gasteiger partial charge < -0.3 is 25.8 Å². The summed E-state index contributed by atoms with van der Waals surface area (Å²) in [5, 5.41) is 32.2. The van der Waals surface area contributed by atoms with Crippen molar-refractivity contribution in [3.63, 3.8) is 0 Å². The number of Topliss-reactive ketones (excluding diaryl/α,β-unsaturated/α-hetero) is 1. The average molecular weight is 668 g/mol. The van der Waals surface area contributed by atoms with Crippen molar-refractivity contribution in [3.05, 3.63) is 12.2 Å². The van der Waals surface area contributed by atoms with Crippen LogP contribution in [0.3, 0.4) is 0 Å². The second-order valence-corrected chi connectivity index (χ2v) is 13.8. The highest BCUT2D eigenvalue weighted by atomic mass is 16.6. The van der Waals surface area contributed by atoms with Gasteiger partial charge in [-0.25, -0.2) is 0 Å². The molecular formula is C38H73N3O6. The fraction of sp³-hybridized carbons (Fsp3) is 0.895. The minimum atomic E-state index is -2.06. The molecule has 276 valence electrons. The third-order valence-electron chi connectivity index (χ3n) is 9.59. The lowest BCUT2D eigenvalue weighted by Gasteiger charge is -2.51. The third-order valence-corrected chi connectivity index (χ3v) is 9.59. The molecule has 1 fully saturated rings. The Bertz CT molecular complexity index is 827. The van der Waals surface area contributed by atoms with Gasteiger partial charge in [0.2, 0.25) is 11.8 Å². The van der Waals surface area contributed by atoms with E-state index in [1.165, 1.54) is 88.4 Å². The van der Waals surface area contributed by atoms with Crippen LogP contribution in [0, 0.1) is 0 Å². The van der Waals surface area contributed by atoms with Crippen molar-refractivity contribution >= 4 is 11.7 Å². The first-order valence-electron chi connectivity index (χ1n) is 19.4. The molecule has 7 N–H and O–H groups in total. The number of ether oxygens (including phenoxy) is 1. The number of rotatable bonds is 30. The number of hydrogen-bond donors (Lipinski definition) is 5. The molecule has 1 aliphatic heterocycles. The Hall–Kier alpha value is -1.36. The van der Waals surface area contributed by atoms with Crippen molar-refractivity contribution in [2.75, 3.05) is 13.1 Å². The van der Waals surface area contributed by atoms with E-state index in [-0.39, 0.29) is 37.6 Å². The van der Waals surface area contributed by atoms with Crippen LogP contribution in [0.5, 0.6) is 0 Å². The van der Waals surface area contributed by atoms with Crippen molar-refractivity contribution in [1.82, 2.24) is 4.90 Å². The van der Waals surface area contributed by atoms with Gasteiger partial charge in [-0.2, -0.15) is 0 Å². The van der Waals surface area contributed by atoms with Gasteiger partial charge in [0.05, 0.1) is 12.6 Å². The summed E-state index contributed by atoms with van der Waals surface area (Å²) in [6.07, 6.45) is 24.9. The highest BCUT2D eigenvalue weighted by molar-refractivity contribution is 5.80. The second kappa shape index (κ2) is 27.5. The first-order chi connectivity index (χ1) is 22.7. The zero-order chi connectivity index (χ0) is 34.8. The van der Waals surface area contributed by atoms with Crippen LogP contribution < -0.4 is 11.5 Å². The lowest BCUT2D eigenvalue weighted by atomic mass is 9.91. The molecule has 0 saturated carbocycles. The third kappa shape index (κ3) is 18.3. The summed E-state index contributed by atoms with van der Waals surface area (Å²) in [6.45, 7) is 4.48. The van der Waals surface area contributed by atoms with Crippen LogP contribution in [0.15, 0.2) is 12.2 Å².